The Labute approximate surface area is 245 Å². The number of β-amino-alcohol motifs (C(OH)–C–C–N with tert-alkyl or cyclic N) is 1. The van der Waals surface area contributed by atoms with Crippen LogP contribution in [0.1, 0.15) is 36.5 Å². The van der Waals surface area contributed by atoms with E-state index in [1.165, 1.54) is 30.2 Å². The molecule has 1 atom stereocenters. The fourth-order valence-corrected chi connectivity index (χ4v) is 5.34. The van der Waals surface area contributed by atoms with E-state index < -0.39 is 36.4 Å². The Bertz CT molecular complexity index is 1520. The van der Waals surface area contributed by atoms with Gasteiger partial charge in [0, 0.05) is 55.7 Å². The minimum absolute atomic E-state index is 0.0171. The van der Waals surface area contributed by atoms with Gasteiger partial charge < -0.3 is 29.0 Å². The number of carbonyl (C=O) groups is 2. The standard InChI is InChI=1S/C30H32F3N3O7/c1-3-42-28(39)14-19-5-7-25(26(13-19)41-2)43-21-8-10-35(11-9-21)18-29(40,30(31,32)33)23-16-36(17-27(37)38)24-12-20(15-34)4-6-22(23)24/h4-7,12-13,16,21,40H,3,8-11,14,17-18H2,1-2H3,(H,37,38)/p+1. The lowest BCUT2D eigenvalue weighted by Crippen LogP contribution is -2.53. The molecule has 2 aromatic carbocycles. The zero-order chi connectivity index (χ0) is 31.4. The van der Waals surface area contributed by atoms with Gasteiger partial charge in [-0.05, 0) is 36.8 Å². The molecule has 10 nitrogen and oxygen atoms in total. The molecule has 3 N–H and O–H groups in total. The van der Waals surface area contributed by atoms with E-state index in [1.54, 1.807) is 25.1 Å². The van der Waals surface area contributed by atoms with Gasteiger partial charge in [-0.1, -0.05) is 6.07 Å². The van der Waals surface area contributed by atoms with E-state index in [4.69, 9.17) is 14.2 Å². The minimum Gasteiger partial charge on any atom is -0.578 e. The number of methoxy groups -OCH3 is 1. The van der Waals surface area contributed by atoms with E-state index >= 15 is 0 Å². The predicted octanol–water partition coefficient (Wildman–Crippen LogP) is 3.87. The lowest BCUT2D eigenvalue weighted by atomic mass is 9.90. The van der Waals surface area contributed by atoms with Crippen molar-refractivity contribution >= 4 is 22.8 Å². The van der Waals surface area contributed by atoms with Crippen LogP contribution >= 0.6 is 0 Å². The summed E-state index contributed by atoms with van der Waals surface area (Å²) in [5.74, 6) is -0.618. The van der Waals surface area contributed by atoms with Crippen LogP contribution in [0.2, 0.25) is 0 Å². The number of alkyl halides is 3. The number of esters is 1. The highest BCUT2D eigenvalue weighted by molar-refractivity contribution is 5.87. The first kappa shape index (κ1) is 31.7. The van der Waals surface area contributed by atoms with Gasteiger partial charge in [0.1, 0.15) is 6.54 Å². The average molecular weight is 605 g/mol. The van der Waals surface area contributed by atoms with Crippen LogP contribution in [0.5, 0.6) is 11.5 Å². The van der Waals surface area contributed by atoms with Crippen molar-refractivity contribution in [2.75, 3.05) is 33.4 Å². The second-order valence-corrected chi connectivity index (χ2v) is 10.4. The lowest BCUT2D eigenvalue weighted by molar-refractivity contribution is -0.272. The topological polar surface area (TPSA) is 138 Å². The van der Waals surface area contributed by atoms with Crippen LogP contribution < -0.4 is 4.74 Å². The highest BCUT2D eigenvalue weighted by Gasteiger charge is 2.57. The van der Waals surface area contributed by atoms with Gasteiger partial charge in [-0.15, -0.1) is 0 Å². The molecule has 1 aromatic heterocycles. The Hall–Kier alpha value is -4.28. The molecule has 13 heteroatoms. The Kier molecular flexibility index (Phi) is 9.52. The van der Waals surface area contributed by atoms with Crippen molar-refractivity contribution in [3.63, 3.8) is 0 Å². The molecule has 1 aliphatic heterocycles. The Balaban J connectivity index is 1.50. The number of rotatable bonds is 11. The number of nitriles is 1. The Morgan fingerprint density at radius 3 is 2.49 bits per heavy atom. The summed E-state index contributed by atoms with van der Waals surface area (Å²) < 4.78 is 60.0. The molecule has 3 aromatic rings. The second-order valence-electron chi connectivity index (χ2n) is 10.4. The third-order valence-electron chi connectivity index (χ3n) is 7.46. The summed E-state index contributed by atoms with van der Waals surface area (Å²) in [4.78, 5) is 24.7. The van der Waals surface area contributed by atoms with Crippen molar-refractivity contribution < 1.29 is 47.2 Å². The van der Waals surface area contributed by atoms with Gasteiger partial charge in [-0.2, -0.15) is 18.4 Å². The molecule has 1 unspecified atom stereocenters. The van der Waals surface area contributed by atoms with Crippen molar-refractivity contribution in [3.8, 4) is 17.6 Å². The number of likely N-dealkylation sites (tertiary alicyclic amines) is 1. The summed E-state index contributed by atoms with van der Waals surface area (Å²) in [6, 6.07) is 11.0. The number of aromatic hydroxyl groups is 1. The molecule has 1 aliphatic rings. The number of carboxylic acid groups (broad SMARTS) is 1. The highest BCUT2D eigenvalue weighted by atomic mass is 19.4. The van der Waals surface area contributed by atoms with Crippen LogP contribution in [0.15, 0.2) is 42.6 Å². The molecular weight excluding hydrogens is 571 g/mol. The fraction of sp³-hybridized carbons (Fsp3) is 0.433. The van der Waals surface area contributed by atoms with Crippen molar-refractivity contribution in [3.05, 3.63) is 59.3 Å². The van der Waals surface area contributed by atoms with Crippen molar-refractivity contribution in [2.24, 2.45) is 0 Å². The van der Waals surface area contributed by atoms with Gasteiger partial charge in [0.2, 0.25) is 11.4 Å². The number of aromatic nitrogens is 1. The zero-order valence-corrected chi connectivity index (χ0v) is 23.7. The molecule has 0 bridgehead atoms. The monoisotopic (exact) mass is 604 g/mol. The number of aliphatic carboxylic acids is 1. The minimum atomic E-state index is -5.08. The number of fused-ring (bicyclic) bond motifs is 1. The number of hydrogen-bond acceptors (Lipinski definition) is 7. The highest BCUT2D eigenvalue weighted by Crippen LogP contribution is 2.44. The van der Waals surface area contributed by atoms with Crippen LogP contribution in [-0.2, 0) is 32.9 Å². The molecule has 0 amide bonds. The van der Waals surface area contributed by atoms with E-state index in [2.05, 4.69) is 0 Å². The molecule has 4 rings (SSSR count). The van der Waals surface area contributed by atoms with Gasteiger partial charge in [0.15, 0.2) is 6.10 Å². The van der Waals surface area contributed by atoms with Crippen LogP contribution in [0.4, 0.5) is 13.2 Å². The summed E-state index contributed by atoms with van der Waals surface area (Å²) in [5, 5.41) is 29.8. The zero-order valence-electron chi connectivity index (χ0n) is 23.7. The molecule has 43 heavy (non-hydrogen) atoms. The van der Waals surface area contributed by atoms with E-state index in [0.717, 1.165) is 10.8 Å². The molecule has 0 spiro atoms. The molecular formula is C30H33F3N3O7+. The van der Waals surface area contributed by atoms with Gasteiger partial charge in [-0.3, -0.25) is 14.5 Å². The van der Waals surface area contributed by atoms with Gasteiger partial charge in [0.25, 0.3) is 5.75 Å². The number of nitrogens with zero attached hydrogens (tertiary/aromatic N) is 3. The summed E-state index contributed by atoms with van der Waals surface area (Å²) >= 11 is 0. The summed E-state index contributed by atoms with van der Waals surface area (Å²) in [7, 11) is 1.48. The number of hydrogen-bond donors (Lipinski definition) is 2. The molecule has 1 saturated heterocycles. The molecule has 2 heterocycles. The van der Waals surface area contributed by atoms with E-state index in [-0.39, 0.29) is 54.7 Å². The average Bonchev–Trinajstić information content (AvgIpc) is 3.31. The van der Waals surface area contributed by atoms with Crippen molar-refractivity contribution in [1.82, 2.24) is 9.47 Å². The number of halogens is 3. The first-order valence-electron chi connectivity index (χ1n) is 13.7. The van der Waals surface area contributed by atoms with Crippen molar-refractivity contribution in [2.45, 2.75) is 50.6 Å². The maximum atomic E-state index is 14.6. The van der Waals surface area contributed by atoms with Gasteiger partial charge in [-0.25, -0.2) is 0 Å². The van der Waals surface area contributed by atoms with Crippen LogP contribution in [-0.4, -0.2) is 82.0 Å². The fourth-order valence-electron chi connectivity index (χ4n) is 5.34. The second kappa shape index (κ2) is 12.9. The normalized spacial score (nSPS) is 15.9. The first-order chi connectivity index (χ1) is 20.4. The molecule has 0 radical (unpaired) electrons. The van der Waals surface area contributed by atoms with Crippen LogP contribution in [0, 0.1) is 11.3 Å². The number of aliphatic hydroxyl groups is 2. The molecule has 230 valence electrons. The van der Waals surface area contributed by atoms with E-state index in [1.807, 2.05) is 6.07 Å². The summed E-state index contributed by atoms with van der Waals surface area (Å²) in [6.45, 7) is 1.05. The maximum absolute atomic E-state index is 14.6. The molecule has 0 aliphatic carbocycles. The Morgan fingerprint density at radius 1 is 1.16 bits per heavy atom. The Morgan fingerprint density at radius 2 is 1.88 bits per heavy atom. The number of benzene rings is 2. The first-order valence-corrected chi connectivity index (χ1v) is 13.7. The third kappa shape index (κ3) is 7.03. The quantitative estimate of drug-likeness (QED) is 0.249. The number of piperidine rings is 1. The number of carboxylic acids is 1. The smallest absolute Gasteiger partial charge is 0.422 e. The predicted molar refractivity (Wildman–Crippen MR) is 149 cm³/mol. The number of ether oxygens (including phenoxy) is 3. The van der Waals surface area contributed by atoms with Crippen molar-refractivity contribution in [1.29, 1.82) is 5.26 Å². The lowest BCUT2D eigenvalue weighted by Gasteiger charge is -2.38. The SMILES string of the molecule is CCOC(=O)Cc1ccc([OH+]C2CCN(CC(O)(c3cn(CC(=O)O)c4cc(C#N)ccc34)C(F)(F)F)CC2)c(OC)c1. The van der Waals surface area contributed by atoms with E-state index in [0.29, 0.717) is 29.9 Å². The largest absolute Gasteiger partial charge is 0.578 e. The molecule has 1 fully saturated rings. The number of carbonyl (C=O) groups excluding carboxylic acids is 1. The molecule has 0 saturated carbocycles. The third-order valence-corrected chi connectivity index (χ3v) is 7.46. The summed E-state index contributed by atoms with van der Waals surface area (Å²) in [5.41, 5.74) is -2.82. The maximum Gasteiger partial charge on any atom is 0.422 e. The summed E-state index contributed by atoms with van der Waals surface area (Å²) in [6.07, 6.45) is -3.35. The van der Waals surface area contributed by atoms with Crippen LogP contribution in [0.3, 0.4) is 0 Å². The van der Waals surface area contributed by atoms with E-state index in [9.17, 15) is 38.2 Å². The van der Waals surface area contributed by atoms with Gasteiger partial charge in [0.05, 0.1) is 37.3 Å². The van der Waals surface area contributed by atoms with Crippen LogP contribution in [0.25, 0.3) is 10.9 Å². The van der Waals surface area contributed by atoms with Gasteiger partial charge >= 0.3 is 18.1 Å².